The normalized spacial score (nSPS) is 30.8. The number of halogens is 1. The Morgan fingerprint density at radius 1 is 1.50 bits per heavy atom. The molecule has 2 saturated heterocycles. The Labute approximate surface area is 115 Å². The van der Waals surface area contributed by atoms with Crippen LogP contribution in [-0.4, -0.2) is 40.5 Å². The molecule has 3 heterocycles. The first-order valence-corrected chi connectivity index (χ1v) is 7.22. The molecule has 3 atom stereocenters. The van der Waals surface area contributed by atoms with E-state index in [1.807, 2.05) is 23.9 Å². The monoisotopic (exact) mass is 311 g/mol. The van der Waals surface area contributed by atoms with E-state index in [4.69, 9.17) is 0 Å². The number of rotatable bonds is 1. The summed E-state index contributed by atoms with van der Waals surface area (Å²) >= 11 is 3.43. The number of nitrogens with zero attached hydrogens (tertiary/aromatic N) is 2. The van der Waals surface area contributed by atoms with Crippen LogP contribution in [0.2, 0.25) is 0 Å². The summed E-state index contributed by atoms with van der Waals surface area (Å²) in [5.74, 6) is 0.791. The number of aryl methyl sites for hydroxylation is 1. The molecule has 2 aliphatic heterocycles. The van der Waals surface area contributed by atoms with Crippen molar-refractivity contribution >= 4 is 21.8 Å². The fourth-order valence-corrected chi connectivity index (χ4v) is 3.91. The molecule has 98 valence electrons. The van der Waals surface area contributed by atoms with Crippen molar-refractivity contribution in [2.24, 2.45) is 13.0 Å². The van der Waals surface area contributed by atoms with Gasteiger partial charge in [-0.05, 0) is 41.3 Å². The number of likely N-dealkylation sites (tertiary alicyclic amines) is 1. The van der Waals surface area contributed by atoms with Crippen molar-refractivity contribution in [3.05, 3.63) is 22.4 Å². The van der Waals surface area contributed by atoms with E-state index in [0.29, 0.717) is 18.0 Å². The molecular weight excluding hydrogens is 294 g/mol. The lowest BCUT2D eigenvalue weighted by Gasteiger charge is -2.27. The zero-order chi connectivity index (χ0) is 12.9. The molecular formula is C13H18BrN3O. The lowest BCUT2D eigenvalue weighted by Crippen LogP contribution is -2.43. The number of hydrogen-bond acceptors (Lipinski definition) is 2. The molecule has 0 aliphatic carbocycles. The lowest BCUT2D eigenvalue weighted by atomic mass is 10.0. The Balaban J connectivity index is 1.90. The molecule has 4 nitrogen and oxygen atoms in total. The summed E-state index contributed by atoms with van der Waals surface area (Å²) in [6, 6.07) is 2.63. The molecule has 2 aliphatic rings. The van der Waals surface area contributed by atoms with Gasteiger partial charge in [-0.3, -0.25) is 4.79 Å². The first-order valence-electron chi connectivity index (χ1n) is 6.43. The van der Waals surface area contributed by atoms with Crippen LogP contribution in [0.4, 0.5) is 0 Å². The first kappa shape index (κ1) is 12.2. The summed E-state index contributed by atoms with van der Waals surface area (Å²) in [6.45, 7) is 4.15. The quantitative estimate of drug-likeness (QED) is 0.855. The molecule has 1 amide bonds. The topological polar surface area (TPSA) is 37.3 Å². The summed E-state index contributed by atoms with van der Waals surface area (Å²) in [4.78, 5) is 14.8. The Morgan fingerprint density at radius 3 is 2.94 bits per heavy atom. The van der Waals surface area contributed by atoms with Gasteiger partial charge >= 0.3 is 0 Å². The van der Waals surface area contributed by atoms with Crippen LogP contribution < -0.4 is 5.32 Å². The van der Waals surface area contributed by atoms with Crippen molar-refractivity contribution < 1.29 is 4.79 Å². The van der Waals surface area contributed by atoms with E-state index < -0.39 is 0 Å². The Kier molecular flexibility index (Phi) is 2.98. The second-order valence-corrected chi connectivity index (χ2v) is 6.35. The maximum absolute atomic E-state index is 12.7. The minimum Gasteiger partial charge on any atom is -0.345 e. The zero-order valence-electron chi connectivity index (χ0n) is 10.7. The van der Waals surface area contributed by atoms with Crippen LogP contribution in [0, 0.1) is 5.92 Å². The molecule has 0 bridgehead atoms. The van der Waals surface area contributed by atoms with Crippen LogP contribution in [0.1, 0.15) is 23.8 Å². The number of carbonyl (C=O) groups is 1. The third kappa shape index (κ3) is 1.80. The highest BCUT2D eigenvalue weighted by molar-refractivity contribution is 9.10. The van der Waals surface area contributed by atoms with Crippen LogP contribution in [0.15, 0.2) is 16.7 Å². The van der Waals surface area contributed by atoms with Crippen molar-refractivity contribution in [1.82, 2.24) is 14.8 Å². The zero-order valence-corrected chi connectivity index (χ0v) is 12.3. The maximum atomic E-state index is 12.7. The molecule has 3 unspecified atom stereocenters. The number of carbonyl (C=O) groups excluding carboxylic acids is 1. The SMILES string of the molecule is CC1CC2CNCC2N1C(=O)c1cc(Br)cn1C. The number of hydrogen-bond donors (Lipinski definition) is 1. The molecule has 5 heteroatoms. The minimum atomic E-state index is 0.159. The van der Waals surface area contributed by atoms with E-state index in [2.05, 4.69) is 33.1 Å². The highest BCUT2D eigenvalue weighted by Crippen LogP contribution is 2.33. The summed E-state index contributed by atoms with van der Waals surface area (Å²) in [7, 11) is 1.92. The number of aromatic nitrogens is 1. The van der Waals surface area contributed by atoms with Crippen molar-refractivity contribution in [1.29, 1.82) is 0 Å². The standard InChI is InChI=1S/C13H18BrN3O/c1-8-3-9-5-15-6-12(9)17(8)13(18)11-4-10(14)7-16(11)2/h4,7-9,12,15H,3,5-6H2,1-2H3. The van der Waals surface area contributed by atoms with E-state index in [0.717, 1.165) is 29.7 Å². The Hall–Kier alpha value is -0.810. The van der Waals surface area contributed by atoms with Crippen LogP contribution in [-0.2, 0) is 7.05 Å². The van der Waals surface area contributed by atoms with Crippen molar-refractivity contribution in [2.75, 3.05) is 13.1 Å². The van der Waals surface area contributed by atoms with Crippen LogP contribution in [0.25, 0.3) is 0 Å². The highest BCUT2D eigenvalue weighted by atomic mass is 79.9. The van der Waals surface area contributed by atoms with E-state index in [1.165, 1.54) is 0 Å². The minimum absolute atomic E-state index is 0.159. The van der Waals surface area contributed by atoms with Crippen molar-refractivity contribution in [2.45, 2.75) is 25.4 Å². The highest BCUT2D eigenvalue weighted by Gasteiger charge is 2.44. The summed E-state index contributed by atoms with van der Waals surface area (Å²) in [5, 5.41) is 3.39. The number of nitrogens with one attached hydrogen (secondary N) is 1. The summed E-state index contributed by atoms with van der Waals surface area (Å²) in [6.07, 6.45) is 3.05. The molecule has 1 N–H and O–H groups in total. The van der Waals surface area contributed by atoms with Crippen LogP contribution in [0.5, 0.6) is 0 Å². The molecule has 18 heavy (non-hydrogen) atoms. The fraction of sp³-hybridized carbons (Fsp3) is 0.615. The smallest absolute Gasteiger partial charge is 0.271 e. The van der Waals surface area contributed by atoms with Crippen LogP contribution in [0.3, 0.4) is 0 Å². The van der Waals surface area contributed by atoms with Crippen LogP contribution >= 0.6 is 15.9 Å². The second kappa shape index (κ2) is 4.38. The first-order chi connectivity index (χ1) is 8.58. The van der Waals surface area contributed by atoms with E-state index >= 15 is 0 Å². The van der Waals surface area contributed by atoms with E-state index in [9.17, 15) is 4.79 Å². The van der Waals surface area contributed by atoms with Gasteiger partial charge in [0.2, 0.25) is 0 Å². The van der Waals surface area contributed by atoms with Gasteiger partial charge in [0.05, 0.1) is 0 Å². The average molecular weight is 312 g/mol. The third-order valence-corrected chi connectivity index (χ3v) is 4.64. The Bertz CT molecular complexity index is 485. The van der Waals surface area contributed by atoms with E-state index in [1.54, 1.807) is 0 Å². The average Bonchev–Trinajstić information content (AvgIpc) is 2.92. The van der Waals surface area contributed by atoms with Gasteiger partial charge < -0.3 is 14.8 Å². The number of amides is 1. The third-order valence-electron chi connectivity index (χ3n) is 4.21. The molecule has 0 aromatic carbocycles. The second-order valence-electron chi connectivity index (χ2n) is 5.44. The molecule has 1 aromatic heterocycles. The number of fused-ring (bicyclic) bond motifs is 1. The van der Waals surface area contributed by atoms with Gasteiger partial charge in [0.1, 0.15) is 5.69 Å². The molecule has 1 aromatic rings. The van der Waals surface area contributed by atoms with Gasteiger partial charge in [-0.15, -0.1) is 0 Å². The molecule has 0 spiro atoms. The molecule has 0 radical (unpaired) electrons. The lowest BCUT2D eigenvalue weighted by molar-refractivity contribution is 0.0672. The predicted octanol–water partition coefficient (Wildman–Crippen LogP) is 1.61. The maximum Gasteiger partial charge on any atom is 0.271 e. The fourth-order valence-electron chi connectivity index (χ4n) is 3.38. The van der Waals surface area contributed by atoms with Gasteiger partial charge in [-0.2, -0.15) is 0 Å². The predicted molar refractivity (Wildman–Crippen MR) is 73.5 cm³/mol. The van der Waals surface area contributed by atoms with Gasteiger partial charge in [-0.25, -0.2) is 0 Å². The Morgan fingerprint density at radius 2 is 2.28 bits per heavy atom. The largest absolute Gasteiger partial charge is 0.345 e. The van der Waals surface area contributed by atoms with Gasteiger partial charge in [-0.1, -0.05) is 0 Å². The molecule has 3 rings (SSSR count). The van der Waals surface area contributed by atoms with E-state index in [-0.39, 0.29) is 5.91 Å². The van der Waals surface area contributed by atoms with Gasteiger partial charge in [0.25, 0.3) is 5.91 Å². The molecule has 0 saturated carbocycles. The van der Waals surface area contributed by atoms with Gasteiger partial charge in [0.15, 0.2) is 0 Å². The van der Waals surface area contributed by atoms with Gasteiger partial charge in [0, 0.05) is 42.9 Å². The molecule has 2 fully saturated rings. The van der Waals surface area contributed by atoms with Crippen molar-refractivity contribution in [3.63, 3.8) is 0 Å². The van der Waals surface area contributed by atoms with Crippen molar-refractivity contribution in [3.8, 4) is 0 Å². The summed E-state index contributed by atoms with van der Waals surface area (Å²) < 4.78 is 2.86. The summed E-state index contributed by atoms with van der Waals surface area (Å²) in [5.41, 5.74) is 0.765.